The van der Waals surface area contributed by atoms with E-state index in [1.807, 2.05) is 30.3 Å². The van der Waals surface area contributed by atoms with Gasteiger partial charge in [-0.05, 0) is 54.4 Å². The van der Waals surface area contributed by atoms with Crippen LogP contribution in [0.3, 0.4) is 0 Å². The van der Waals surface area contributed by atoms with E-state index in [2.05, 4.69) is 4.98 Å². The largest absolute Gasteiger partial charge is 0.480 e. The monoisotopic (exact) mass is 481 g/mol. The summed E-state index contributed by atoms with van der Waals surface area (Å²) in [5.74, 6) is -2.63. The van der Waals surface area contributed by atoms with E-state index in [-0.39, 0.29) is 17.2 Å². The molecule has 0 saturated heterocycles. The number of terminal acetylenes is 1. The molecule has 0 amide bonds. The van der Waals surface area contributed by atoms with E-state index in [9.17, 15) is 28.9 Å². The van der Waals surface area contributed by atoms with Crippen molar-refractivity contribution >= 4 is 13.3 Å². The van der Waals surface area contributed by atoms with Crippen LogP contribution in [0.1, 0.15) is 37.8 Å². The van der Waals surface area contributed by atoms with Gasteiger partial charge in [-0.15, -0.1) is 6.42 Å². The summed E-state index contributed by atoms with van der Waals surface area (Å²) in [7, 11) is -5.00. The van der Waals surface area contributed by atoms with Crippen LogP contribution < -0.4 is 0 Å². The molecule has 0 fully saturated rings. The predicted octanol–water partition coefficient (Wildman–Crippen LogP) is 5.20. The van der Waals surface area contributed by atoms with Crippen LogP contribution >= 0.6 is 7.37 Å². The second-order valence-corrected chi connectivity index (χ2v) is 10.4. The van der Waals surface area contributed by atoms with Crippen LogP contribution in [0.4, 0.5) is 4.39 Å². The Hall–Kier alpha value is -3.30. The maximum absolute atomic E-state index is 13.7. The minimum absolute atomic E-state index is 0.0258. The second-order valence-electron chi connectivity index (χ2n) is 8.30. The Bertz CT molecular complexity index is 1300. The van der Waals surface area contributed by atoms with E-state index in [0.717, 1.165) is 12.5 Å². The normalized spacial score (nSPS) is 15.7. The highest BCUT2D eigenvalue weighted by atomic mass is 31.2. The molecule has 3 unspecified atom stereocenters. The lowest BCUT2D eigenvalue weighted by Crippen LogP contribution is -2.46. The van der Waals surface area contributed by atoms with Gasteiger partial charge < -0.3 is 15.1 Å². The number of benzene rings is 2. The van der Waals surface area contributed by atoms with Crippen LogP contribution in [0.15, 0.2) is 60.7 Å². The molecule has 176 valence electrons. The Morgan fingerprint density at radius 2 is 1.68 bits per heavy atom. The summed E-state index contributed by atoms with van der Waals surface area (Å²) in [6, 6.07) is 15.9. The highest BCUT2D eigenvalue weighted by Crippen LogP contribution is 2.64. The number of nitrogens with zero attached hydrogens (tertiary/aromatic N) is 1. The summed E-state index contributed by atoms with van der Waals surface area (Å²) in [5, 5.41) is 18.3. The third-order valence-corrected chi connectivity index (χ3v) is 7.92. The maximum Gasteiger partial charge on any atom is 0.327 e. The molecule has 3 N–H and O–H groups in total. The molecule has 2 aromatic carbocycles. The first kappa shape index (κ1) is 25.3. The molecule has 34 heavy (non-hydrogen) atoms. The van der Waals surface area contributed by atoms with E-state index in [1.54, 1.807) is 25.6 Å². The Labute approximate surface area is 197 Å². The molecule has 3 rings (SSSR count). The molecule has 8 heteroatoms. The van der Waals surface area contributed by atoms with Crippen molar-refractivity contribution in [2.45, 2.75) is 37.9 Å². The van der Waals surface area contributed by atoms with E-state index < -0.39 is 30.4 Å². The molecule has 6 nitrogen and oxygen atoms in total. The fourth-order valence-corrected chi connectivity index (χ4v) is 5.63. The van der Waals surface area contributed by atoms with Gasteiger partial charge in [0.2, 0.25) is 5.16 Å². The van der Waals surface area contributed by atoms with Gasteiger partial charge in [0, 0.05) is 16.7 Å². The molecule has 0 aliphatic heterocycles. The van der Waals surface area contributed by atoms with Crippen LogP contribution in [0.25, 0.3) is 22.5 Å². The average Bonchev–Trinajstić information content (AvgIpc) is 2.79. The molecule has 0 aliphatic rings. The van der Waals surface area contributed by atoms with Gasteiger partial charge in [-0.25, -0.2) is 9.37 Å². The SMILES string of the molecule is C#CP(=O)(O)C(C(=O)O)(c1c(C(C)C)cc(-c2ccccc2)nc1-c1ccc(F)cc1)C(C)O. The summed E-state index contributed by atoms with van der Waals surface area (Å²) < 4.78 is 27.1. The Balaban J connectivity index is 2.60. The topological polar surface area (TPSA) is 108 Å². The highest BCUT2D eigenvalue weighted by Gasteiger charge is 2.61. The van der Waals surface area contributed by atoms with Crippen molar-refractivity contribution in [2.75, 3.05) is 0 Å². The summed E-state index contributed by atoms with van der Waals surface area (Å²) in [5.41, 5.74) is 3.47. The van der Waals surface area contributed by atoms with Crippen molar-refractivity contribution in [3.63, 3.8) is 0 Å². The van der Waals surface area contributed by atoms with Gasteiger partial charge in [-0.3, -0.25) is 9.36 Å². The zero-order valence-electron chi connectivity index (χ0n) is 18.9. The van der Waals surface area contributed by atoms with Crippen LogP contribution in [0.2, 0.25) is 0 Å². The molecule has 1 aromatic heterocycles. The highest BCUT2D eigenvalue weighted by molar-refractivity contribution is 7.65. The number of aliphatic hydroxyl groups excluding tert-OH is 1. The molecular weight excluding hydrogens is 456 g/mol. The number of carboxylic acids is 1. The first-order valence-electron chi connectivity index (χ1n) is 10.6. The average molecular weight is 481 g/mol. The molecule has 0 radical (unpaired) electrons. The third-order valence-electron chi connectivity index (χ3n) is 5.82. The van der Waals surface area contributed by atoms with Gasteiger partial charge in [0.05, 0.1) is 17.5 Å². The molecule has 0 aliphatic carbocycles. The number of rotatable bonds is 7. The number of pyridine rings is 1. The van der Waals surface area contributed by atoms with Crippen molar-refractivity contribution < 1.29 is 28.9 Å². The van der Waals surface area contributed by atoms with Crippen LogP contribution in [0, 0.1) is 17.9 Å². The Kier molecular flexibility index (Phi) is 7.09. The predicted molar refractivity (Wildman–Crippen MR) is 129 cm³/mol. The molecule has 1 heterocycles. The van der Waals surface area contributed by atoms with Crippen molar-refractivity contribution in [2.24, 2.45) is 0 Å². The molecular formula is C26H25FNO5P. The summed E-state index contributed by atoms with van der Waals surface area (Å²) >= 11 is 0. The summed E-state index contributed by atoms with van der Waals surface area (Å²) in [4.78, 5) is 28.3. The Morgan fingerprint density at radius 3 is 2.15 bits per heavy atom. The van der Waals surface area contributed by atoms with Gasteiger partial charge >= 0.3 is 5.97 Å². The third kappa shape index (κ3) is 4.17. The molecule has 3 aromatic rings. The molecule has 0 bridgehead atoms. The minimum Gasteiger partial charge on any atom is -0.480 e. The lowest BCUT2D eigenvalue weighted by atomic mass is 9.82. The van der Waals surface area contributed by atoms with E-state index in [4.69, 9.17) is 6.42 Å². The minimum atomic E-state index is -5.00. The molecule has 0 saturated carbocycles. The van der Waals surface area contributed by atoms with Gasteiger partial charge in [0.15, 0.2) is 0 Å². The quantitative estimate of drug-likeness (QED) is 0.316. The van der Waals surface area contributed by atoms with Crippen molar-refractivity contribution in [3.8, 4) is 34.6 Å². The van der Waals surface area contributed by atoms with Crippen molar-refractivity contribution in [3.05, 3.63) is 77.6 Å². The second kappa shape index (κ2) is 9.52. The first-order valence-corrected chi connectivity index (χ1v) is 12.2. The zero-order valence-corrected chi connectivity index (χ0v) is 19.8. The lowest BCUT2D eigenvalue weighted by molar-refractivity contribution is -0.143. The number of hydrogen-bond acceptors (Lipinski definition) is 4. The maximum atomic E-state index is 13.7. The standard InChI is InChI=1S/C26H25FNO5P/c1-5-34(32,33)26(17(4)29,25(30)31)23-21(16(2)3)15-22(18-9-7-6-8-10-18)28-24(23)19-11-13-20(27)14-12-19/h1,6-17,29H,2-4H3,(H,30,31)(H,32,33). The summed E-state index contributed by atoms with van der Waals surface area (Å²) in [6.07, 6.45) is 3.49. The molecule has 3 atom stereocenters. The van der Waals surface area contributed by atoms with E-state index >= 15 is 0 Å². The number of aliphatic hydroxyl groups is 1. The zero-order chi connectivity index (χ0) is 25.3. The van der Waals surface area contributed by atoms with Crippen molar-refractivity contribution in [1.29, 1.82) is 0 Å². The molecule has 0 spiro atoms. The fourth-order valence-electron chi connectivity index (χ4n) is 4.12. The number of halogens is 1. The van der Waals surface area contributed by atoms with Crippen LogP contribution in [-0.4, -0.2) is 32.2 Å². The number of aromatic nitrogens is 1. The van der Waals surface area contributed by atoms with E-state index in [0.29, 0.717) is 16.8 Å². The van der Waals surface area contributed by atoms with Gasteiger partial charge in [0.1, 0.15) is 5.82 Å². The smallest absolute Gasteiger partial charge is 0.327 e. The fraction of sp³-hybridized carbons (Fsp3) is 0.231. The van der Waals surface area contributed by atoms with Gasteiger partial charge in [-0.1, -0.05) is 44.2 Å². The van der Waals surface area contributed by atoms with Gasteiger partial charge in [0.25, 0.3) is 7.37 Å². The van der Waals surface area contributed by atoms with E-state index in [1.165, 1.54) is 24.3 Å². The van der Waals surface area contributed by atoms with Crippen molar-refractivity contribution in [1.82, 2.24) is 4.98 Å². The number of aliphatic carboxylic acids is 1. The number of carboxylic acid groups (broad SMARTS) is 1. The van der Waals surface area contributed by atoms with Gasteiger partial charge in [-0.2, -0.15) is 0 Å². The number of hydrogen-bond donors (Lipinski definition) is 3. The lowest BCUT2D eigenvalue weighted by Gasteiger charge is -2.37. The first-order chi connectivity index (χ1) is 16.0. The van der Waals surface area contributed by atoms with Crippen LogP contribution in [-0.2, 0) is 14.5 Å². The Morgan fingerprint density at radius 1 is 1.09 bits per heavy atom. The number of carbonyl (C=O) groups is 1. The summed E-state index contributed by atoms with van der Waals surface area (Å²) in [6.45, 7) is 4.68. The van der Waals surface area contributed by atoms with Crippen LogP contribution in [0.5, 0.6) is 0 Å².